The van der Waals surface area contributed by atoms with Crippen LogP contribution in [-0.2, 0) is 9.59 Å². The van der Waals surface area contributed by atoms with Gasteiger partial charge >= 0.3 is 0 Å². The normalized spacial score (nSPS) is 13.6. The van der Waals surface area contributed by atoms with Crippen molar-refractivity contribution >= 4 is 28.8 Å². The molecule has 3 aromatic rings. The summed E-state index contributed by atoms with van der Waals surface area (Å²) in [5.74, 6) is 0.116. The molecule has 2 amide bonds. The fourth-order valence-electron chi connectivity index (χ4n) is 3.66. The summed E-state index contributed by atoms with van der Waals surface area (Å²) in [6.45, 7) is 0. The quantitative estimate of drug-likeness (QED) is 0.568. The molecule has 0 saturated carbocycles. The number of rotatable bonds is 6. The van der Waals surface area contributed by atoms with Gasteiger partial charge in [-0.25, -0.2) is 4.90 Å². The van der Waals surface area contributed by atoms with Crippen molar-refractivity contribution in [2.24, 2.45) is 0 Å². The van der Waals surface area contributed by atoms with Crippen molar-refractivity contribution in [2.45, 2.75) is 0 Å². The number of imide groups is 1. The van der Waals surface area contributed by atoms with Crippen LogP contribution in [0.15, 0.2) is 84.6 Å². The molecule has 6 nitrogen and oxygen atoms in total. The second-order valence-corrected chi connectivity index (χ2v) is 6.97. The van der Waals surface area contributed by atoms with Crippen LogP contribution in [0, 0.1) is 0 Å². The number of nitrogens with zero attached hydrogens (tertiary/aromatic N) is 2. The lowest BCUT2D eigenvalue weighted by Crippen LogP contribution is -2.34. The number of benzene rings is 3. The molecule has 31 heavy (non-hydrogen) atoms. The van der Waals surface area contributed by atoms with E-state index >= 15 is 0 Å². The molecule has 0 aromatic heterocycles. The molecule has 0 bridgehead atoms. The summed E-state index contributed by atoms with van der Waals surface area (Å²) in [6, 6.07) is 23.7. The molecule has 0 spiro atoms. The van der Waals surface area contributed by atoms with Gasteiger partial charge in [0.05, 0.1) is 25.5 Å². The monoisotopic (exact) mass is 414 g/mol. The Labute approximate surface area is 180 Å². The Morgan fingerprint density at radius 1 is 0.774 bits per heavy atom. The first-order chi connectivity index (χ1) is 15.1. The van der Waals surface area contributed by atoms with Crippen LogP contribution >= 0.6 is 0 Å². The van der Waals surface area contributed by atoms with Gasteiger partial charge in [0, 0.05) is 18.8 Å². The molecule has 6 heteroatoms. The van der Waals surface area contributed by atoms with E-state index in [0.29, 0.717) is 34.0 Å². The highest BCUT2D eigenvalue weighted by atomic mass is 16.5. The van der Waals surface area contributed by atoms with Gasteiger partial charge < -0.3 is 14.4 Å². The molecule has 1 aliphatic heterocycles. The van der Waals surface area contributed by atoms with E-state index in [4.69, 9.17) is 9.47 Å². The molecular weight excluding hydrogens is 392 g/mol. The summed E-state index contributed by atoms with van der Waals surface area (Å²) >= 11 is 0. The van der Waals surface area contributed by atoms with Gasteiger partial charge in [-0.3, -0.25) is 9.59 Å². The molecular formula is C25H22N2O4. The number of anilines is 2. The van der Waals surface area contributed by atoms with E-state index in [-0.39, 0.29) is 0 Å². The SMILES string of the molecule is COc1ccc(N2C(=O)C(c3ccccc3)=C(N(C)c3ccccc3)C2=O)c(OC)c1. The van der Waals surface area contributed by atoms with Crippen LogP contribution < -0.4 is 19.3 Å². The van der Waals surface area contributed by atoms with Gasteiger partial charge in [0.2, 0.25) is 0 Å². The first-order valence-corrected chi connectivity index (χ1v) is 9.76. The highest BCUT2D eigenvalue weighted by Gasteiger charge is 2.43. The fraction of sp³-hybridized carbons (Fsp3) is 0.120. The van der Waals surface area contributed by atoms with Crippen LogP contribution in [0.1, 0.15) is 5.56 Å². The lowest BCUT2D eigenvalue weighted by atomic mass is 10.0. The Morgan fingerprint density at radius 2 is 1.42 bits per heavy atom. The van der Waals surface area contributed by atoms with Gasteiger partial charge in [-0.2, -0.15) is 0 Å². The van der Waals surface area contributed by atoms with Crippen molar-refractivity contribution in [1.29, 1.82) is 0 Å². The van der Waals surface area contributed by atoms with Gasteiger partial charge in [0.25, 0.3) is 11.8 Å². The maximum absolute atomic E-state index is 13.7. The number of likely N-dealkylation sites (N-methyl/N-ethyl adjacent to an activating group) is 1. The Morgan fingerprint density at radius 3 is 2.03 bits per heavy atom. The average Bonchev–Trinajstić information content (AvgIpc) is 3.09. The zero-order chi connectivity index (χ0) is 22.0. The van der Waals surface area contributed by atoms with Gasteiger partial charge in [-0.1, -0.05) is 48.5 Å². The molecule has 1 heterocycles. The second-order valence-electron chi connectivity index (χ2n) is 6.97. The van der Waals surface area contributed by atoms with Crippen LogP contribution in [0.2, 0.25) is 0 Å². The molecule has 0 aliphatic carbocycles. The van der Waals surface area contributed by atoms with Crippen molar-refractivity contribution < 1.29 is 19.1 Å². The number of para-hydroxylation sites is 1. The van der Waals surface area contributed by atoms with Gasteiger partial charge in [-0.15, -0.1) is 0 Å². The number of amides is 2. The van der Waals surface area contributed by atoms with Crippen molar-refractivity contribution in [2.75, 3.05) is 31.1 Å². The number of hydrogen-bond donors (Lipinski definition) is 0. The van der Waals surface area contributed by atoms with E-state index < -0.39 is 11.8 Å². The highest BCUT2D eigenvalue weighted by molar-refractivity contribution is 6.46. The summed E-state index contributed by atoms with van der Waals surface area (Å²) in [5.41, 5.74) is 2.49. The van der Waals surface area contributed by atoms with Crippen molar-refractivity contribution in [3.05, 3.63) is 90.1 Å². The number of hydrogen-bond acceptors (Lipinski definition) is 5. The zero-order valence-corrected chi connectivity index (χ0v) is 17.5. The van der Waals surface area contributed by atoms with Crippen molar-refractivity contribution in [1.82, 2.24) is 0 Å². The molecule has 4 rings (SSSR count). The Kier molecular flexibility index (Phi) is 5.45. The lowest BCUT2D eigenvalue weighted by Gasteiger charge is -2.22. The largest absolute Gasteiger partial charge is 0.497 e. The third kappa shape index (κ3) is 3.53. The van der Waals surface area contributed by atoms with Crippen molar-refractivity contribution in [3.8, 4) is 11.5 Å². The zero-order valence-electron chi connectivity index (χ0n) is 17.5. The fourth-order valence-corrected chi connectivity index (χ4v) is 3.66. The van der Waals surface area contributed by atoms with Crippen LogP contribution in [0.3, 0.4) is 0 Å². The molecule has 0 unspecified atom stereocenters. The second kappa shape index (κ2) is 8.36. The highest BCUT2D eigenvalue weighted by Crippen LogP contribution is 2.40. The average molecular weight is 414 g/mol. The van der Waals surface area contributed by atoms with Gasteiger partial charge in [-0.05, 0) is 29.8 Å². The third-order valence-electron chi connectivity index (χ3n) is 5.23. The van der Waals surface area contributed by atoms with Crippen LogP contribution in [0.25, 0.3) is 5.57 Å². The van der Waals surface area contributed by atoms with E-state index in [1.54, 1.807) is 37.3 Å². The maximum atomic E-state index is 13.7. The van der Waals surface area contributed by atoms with Crippen LogP contribution in [0.5, 0.6) is 11.5 Å². The van der Waals surface area contributed by atoms with Crippen LogP contribution in [-0.4, -0.2) is 33.1 Å². The van der Waals surface area contributed by atoms with Crippen molar-refractivity contribution in [3.63, 3.8) is 0 Å². The number of ether oxygens (including phenoxy) is 2. The summed E-state index contributed by atoms with van der Waals surface area (Å²) < 4.78 is 10.7. The summed E-state index contributed by atoms with van der Waals surface area (Å²) in [5, 5.41) is 0. The standard InChI is InChI=1S/C25H22N2O4/c1-26(18-12-8-5-9-13-18)23-22(17-10-6-4-7-11-17)24(28)27(25(23)29)20-15-14-19(30-2)16-21(20)31-3/h4-16H,1-3H3. The summed E-state index contributed by atoms with van der Waals surface area (Å²) in [4.78, 5) is 30.2. The Balaban J connectivity index is 1.88. The minimum atomic E-state index is -0.418. The molecule has 0 saturated heterocycles. The van der Waals surface area contributed by atoms with E-state index in [9.17, 15) is 9.59 Å². The maximum Gasteiger partial charge on any atom is 0.282 e. The minimum Gasteiger partial charge on any atom is -0.497 e. The Hall–Kier alpha value is -4.06. The predicted octanol–water partition coefficient (Wildman–Crippen LogP) is 4.12. The van der Waals surface area contributed by atoms with E-state index in [1.165, 1.54) is 7.11 Å². The third-order valence-corrected chi connectivity index (χ3v) is 5.23. The topological polar surface area (TPSA) is 59.1 Å². The number of carbonyl (C=O) groups is 2. The predicted molar refractivity (Wildman–Crippen MR) is 120 cm³/mol. The Bertz CT molecular complexity index is 1160. The minimum absolute atomic E-state index is 0.306. The first-order valence-electron chi connectivity index (χ1n) is 9.76. The molecule has 3 aromatic carbocycles. The van der Waals surface area contributed by atoms with Gasteiger partial charge in [0.15, 0.2) is 0 Å². The first kappa shape index (κ1) is 20.2. The van der Waals surface area contributed by atoms with E-state index in [2.05, 4.69) is 0 Å². The summed E-state index contributed by atoms with van der Waals surface area (Å²) in [6.07, 6.45) is 0. The number of methoxy groups -OCH3 is 2. The van der Waals surface area contributed by atoms with E-state index in [0.717, 1.165) is 10.6 Å². The number of carbonyl (C=O) groups excluding carboxylic acids is 2. The molecule has 0 radical (unpaired) electrons. The molecule has 0 N–H and O–H groups in total. The molecule has 156 valence electrons. The molecule has 1 aliphatic rings. The molecule has 0 atom stereocenters. The molecule has 0 fully saturated rings. The lowest BCUT2D eigenvalue weighted by molar-refractivity contribution is -0.120. The summed E-state index contributed by atoms with van der Waals surface area (Å²) in [7, 11) is 4.82. The van der Waals surface area contributed by atoms with E-state index in [1.807, 2.05) is 60.7 Å². The smallest absolute Gasteiger partial charge is 0.282 e. The van der Waals surface area contributed by atoms with Gasteiger partial charge in [0.1, 0.15) is 17.2 Å². The van der Waals surface area contributed by atoms with Crippen LogP contribution in [0.4, 0.5) is 11.4 Å².